The van der Waals surface area contributed by atoms with Crippen molar-refractivity contribution in [3.8, 4) is 0 Å². The van der Waals surface area contributed by atoms with Gasteiger partial charge < -0.3 is 10.6 Å². The number of carbonyl (C=O) groups excluding carboxylic acids is 1. The quantitative estimate of drug-likeness (QED) is 0.928. The molecule has 1 amide bonds. The number of anilines is 2. The molecular formula is C16H17N3O. The molecule has 0 saturated carbocycles. The maximum Gasteiger partial charge on any atom is 0.227 e. The van der Waals surface area contributed by atoms with Crippen LogP contribution in [-0.4, -0.2) is 17.4 Å². The number of carbonyl (C=O) groups is 1. The van der Waals surface area contributed by atoms with Crippen LogP contribution in [0.2, 0.25) is 0 Å². The van der Waals surface area contributed by atoms with Crippen molar-refractivity contribution in [3.05, 3.63) is 54.4 Å². The van der Waals surface area contributed by atoms with Crippen molar-refractivity contribution >= 4 is 17.3 Å². The van der Waals surface area contributed by atoms with Gasteiger partial charge in [-0.1, -0.05) is 18.2 Å². The summed E-state index contributed by atoms with van der Waals surface area (Å²) in [5, 5.41) is 0. The van der Waals surface area contributed by atoms with Crippen molar-refractivity contribution < 1.29 is 4.79 Å². The lowest BCUT2D eigenvalue weighted by Gasteiger charge is -2.16. The number of para-hydroxylation sites is 1. The molecule has 0 bridgehead atoms. The van der Waals surface area contributed by atoms with E-state index in [-0.39, 0.29) is 5.91 Å². The average Bonchev–Trinajstić information content (AvgIpc) is 2.83. The van der Waals surface area contributed by atoms with E-state index in [9.17, 15) is 4.79 Å². The molecule has 1 aromatic heterocycles. The van der Waals surface area contributed by atoms with Crippen LogP contribution in [0.1, 0.15) is 12.0 Å². The monoisotopic (exact) mass is 267 g/mol. The molecule has 1 aromatic carbocycles. The van der Waals surface area contributed by atoms with Crippen LogP contribution in [0.4, 0.5) is 11.4 Å². The molecule has 1 aliphatic rings. The fourth-order valence-electron chi connectivity index (χ4n) is 2.71. The van der Waals surface area contributed by atoms with Crippen molar-refractivity contribution in [1.29, 1.82) is 0 Å². The maximum absolute atomic E-state index is 12.1. The molecule has 0 radical (unpaired) electrons. The minimum Gasteiger partial charge on any atom is -0.397 e. The Morgan fingerprint density at radius 3 is 2.80 bits per heavy atom. The van der Waals surface area contributed by atoms with Gasteiger partial charge in [-0.25, -0.2) is 0 Å². The first-order valence-electron chi connectivity index (χ1n) is 6.78. The van der Waals surface area contributed by atoms with Gasteiger partial charge in [0.1, 0.15) is 0 Å². The first kappa shape index (κ1) is 12.7. The predicted octanol–water partition coefficient (Wildman–Crippen LogP) is 2.26. The van der Waals surface area contributed by atoms with Gasteiger partial charge in [0.15, 0.2) is 0 Å². The normalized spacial score (nSPS) is 18.5. The number of rotatable bonds is 3. The zero-order valence-corrected chi connectivity index (χ0v) is 11.2. The Morgan fingerprint density at radius 2 is 2.05 bits per heavy atom. The summed E-state index contributed by atoms with van der Waals surface area (Å²) >= 11 is 0. The second-order valence-electron chi connectivity index (χ2n) is 5.19. The van der Waals surface area contributed by atoms with E-state index in [4.69, 9.17) is 5.73 Å². The summed E-state index contributed by atoms with van der Waals surface area (Å²) in [7, 11) is 0. The smallest absolute Gasteiger partial charge is 0.227 e. The number of benzene rings is 1. The van der Waals surface area contributed by atoms with E-state index in [1.807, 2.05) is 41.3 Å². The Bertz CT molecular complexity index is 612. The number of pyridine rings is 1. The summed E-state index contributed by atoms with van der Waals surface area (Å²) in [5.41, 5.74) is 8.68. The Labute approximate surface area is 118 Å². The summed E-state index contributed by atoms with van der Waals surface area (Å²) in [6.07, 6.45) is 4.82. The number of hydrogen-bond donors (Lipinski definition) is 1. The minimum absolute atomic E-state index is 0.189. The Kier molecular flexibility index (Phi) is 3.37. The van der Waals surface area contributed by atoms with Crippen molar-refractivity contribution in [2.24, 2.45) is 5.92 Å². The van der Waals surface area contributed by atoms with Crippen LogP contribution in [0.15, 0.2) is 48.8 Å². The lowest BCUT2D eigenvalue weighted by Crippen LogP contribution is -2.24. The van der Waals surface area contributed by atoms with E-state index in [2.05, 4.69) is 4.98 Å². The maximum atomic E-state index is 12.1. The van der Waals surface area contributed by atoms with Crippen LogP contribution in [0, 0.1) is 5.92 Å². The standard InChI is InChI=1S/C16H17N3O/c17-15-10-18-7-6-13(15)8-12-9-16(20)19(11-12)14-4-2-1-3-5-14/h1-7,10,12H,8-9,11,17H2/t12-/m1/s1. The van der Waals surface area contributed by atoms with Gasteiger partial charge in [-0.15, -0.1) is 0 Å². The molecule has 0 unspecified atom stereocenters. The highest BCUT2D eigenvalue weighted by Crippen LogP contribution is 2.28. The van der Waals surface area contributed by atoms with E-state index in [1.165, 1.54) is 0 Å². The zero-order chi connectivity index (χ0) is 13.9. The van der Waals surface area contributed by atoms with Crippen molar-refractivity contribution in [3.63, 3.8) is 0 Å². The highest BCUT2D eigenvalue weighted by atomic mass is 16.2. The molecular weight excluding hydrogens is 250 g/mol. The average molecular weight is 267 g/mol. The molecule has 2 heterocycles. The summed E-state index contributed by atoms with van der Waals surface area (Å²) in [6.45, 7) is 0.755. The van der Waals surface area contributed by atoms with Crippen molar-refractivity contribution in [2.75, 3.05) is 17.2 Å². The third kappa shape index (κ3) is 2.50. The molecule has 1 fully saturated rings. The lowest BCUT2D eigenvalue weighted by atomic mass is 9.98. The van der Waals surface area contributed by atoms with E-state index < -0.39 is 0 Å². The Balaban J connectivity index is 1.73. The molecule has 4 nitrogen and oxygen atoms in total. The number of nitrogen functional groups attached to an aromatic ring is 1. The number of nitrogens with two attached hydrogens (primary N) is 1. The summed E-state index contributed by atoms with van der Waals surface area (Å²) < 4.78 is 0. The molecule has 20 heavy (non-hydrogen) atoms. The molecule has 1 saturated heterocycles. The number of hydrogen-bond acceptors (Lipinski definition) is 3. The second kappa shape index (κ2) is 5.33. The van der Waals surface area contributed by atoms with E-state index in [1.54, 1.807) is 12.4 Å². The first-order valence-corrected chi connectivity index (χ1v) is 6.78. The fraction of sp³-hybridized carbons (Fsp3) is 0.250. The molecule has 1 atom stereocenters. The summed E-state index contributed by atoms with van der Waals surface area (Å²) in [6, 6.07) is 11.7. The molecule has 102 valence electrons. The van der Waals surface area contributed by atoms with Crippen LogP contribution in [-0.2, 0) is 11.2 Å². The SMILES string of the molecule is Nc1cnccc1C[C@@H]1CC(=O)N(c2ccccc2)C1. The molecule has 2 N–H and O–H groups in total. The van der Waals surface area contributed by atoms with Crippen molar-refractivity contribution in [2.45, 2.75) is 12.8 Å². The number of amides is 1. The van der Waals surface area contributed by atoms with Gasteiger partial charge in [0.2, 0.25) is 5.91 Å². The fourth-order valence-corrected chi connectivity index (χ4v) is 2.71. The van der Waals surface area contributed by atoms with Gasteiger partial charge in [-0.3, -0.25) is 9.78 Å². The van der Waals surface area contributed by atoms with Crippen LogP contribution < -0.4 is 10.6 Å². The number of nitrogens with zero attached hydrogens (tertiary/aromatic N) is 2. The van der Waals surface area contributed by atoms with E-state index >= 15 is 0 Å². The van der Waals surface area contributed by atoms with Crippen LogP contribution in [0.3, 0.4) is 0 Å². The molecule has 3 rings (SSSR count). The second-order valence-corrected chi connectivity index (χ2v) is 5.19. The van der Waals surface area contributed by atoms with Gasteiger partial charge in [0.05, 0.1) is 11.9 Å². The zero-order valence-electron chi connectivity index (χ0n) is 11.2. The van der Waals surface area contributed by atoms with Crippen LogP contribution in [0.25, 0.3) is 0 Å². The topological polar surface area (TPSA) is 59.2 Å². The first-order chi connectivity index (χ1) is 9.74. The molecule has 0 aliphatic carbocycles. The molecule has 1 aliphatic heterocycles. The van der Waals surface area contributed by atoms with Gasteiger partial charge in [-0.2, -0.15) is 0 Å². The Morgan fingerprint density at radius 1 is 1.25 bits per heavy atom. The molecule has 2 aromatic rings. The van der Waals surface area contributed by atoms with Gasteiger partial charge in [-0.05, 0) is 36.1 Å². The predicted molar refractivity (Wildman–Crippen MR) is 79.3 cm³/mol. The van der Waals surface area contributed by atoms with Crippen molar-refractivity contribution in [1.82, 2.24) is 4.98 Å². The minimum atomic E-state index is 0.189. The van der Waals surface area contributed by atoms with Gasteiger partial charge in [0.25, 0.3) is 0 Å². The third-order valence-electron chi connectivity index (χ3n) is 3.73. The van der Waals surface area contributed by atoms with Crippen LogP contribution in [0.5, 0.6) is 0 Å². The Hall–Kier alpha value is -2.36. The highest BCUT2D eigenvalue weighted by Gasteiger charge is 2.30. The molecule has 4 heteroatoms. The van der Waals surface area contributed by atoms with Crippen LogP contribution >= 0.6 is 0 Å². The lowest BCUT2D eigenvalue weighted by molar-refractivity contribution is -0.117. The summed E-state index contributed by atoms with van der Waals surface area (Å²) in [4.78, 5) is 18.0. The van der Waals surface area contributed by atoms with Gasteiger partial charge >= 0.3 is 0 Å². The third-order valence-corrected chi connectivity index (χ3v) is 3.73. The molecule has 0 spiro atoms. The van der Waals surface area contributed by atoms with E-state index in [0.717, 1.165) is 24.2 Å². The van der Waals surface area contributed by atoms with Gasteiger partial charge in [0, 0.05) is 24.8 Å². The highest BCUT2D eigenvalue weighted by molar-refractivity contribution is 5.95. The summed E-state index contributed by atoms with van der Waals surface area (Å²) in [5.74, 6) is 0.501. The van der Waals surface area contributed by atoms with E-state index in [0.29, 0.717) is 18.0 Å². The number of aromatic nitrogens is 1. The largest absolute Gasteiger partial charge is 0.397 e.